The van der Waals surface area contributed by atoms with Gasteiger partial charge in [0, 0.05) is 24.5 Å². The Labute approximate surface area is 157 Å². The molecule has 5 nitrogen and oxygen atoms in total. The Morgan fingerprint density at radius 1 is 1.15 bits per heavy atom. The molecule has 1 aliphatic heterocycles. The number of benzene rings is 1. The molecular weight excluding hydrogens is 326 g/mol. The lowest BCUT2D eigenvalue weighted by Crippen LogP contribution is -2.51. The third-order valence-corrected chi connectivity index (χ3v) is 5.06. The van der Waals surface area contributed by atoms with Gasteiger partial charge in [0.05, 0.1) is 0 Å². The summed E-state index contributed by atoms with van der Waals surface area (Å²) in [6, 6.07) is 10.0. The van der Waals surface area contributed by atoms with Crippen molar-refractivity contribution in [2.75, 3.05) is 13.1 Å². The minimum absolute atomic E-state index is 0.0947. The number of nitrogens with zero attached hydrogens (tertiary/aromatic N) is 1. The van der Waals surface area contributed by atoms with Crippen molar-refractivity contribution in [3.05, 3.63) is 35.9 Å². The minimum Gasteiger partial charge on any atom is -0.352 e. The molecule has 5 heteroatoms. The van der Waals surface area contributed by atoms with Gasteiger partial charge in [0.1, 0.15) is 6.04 Å². The predicted molar refractivity (Wildman–Crippen MR) is 104 cm³/mol. The first-order chi connectivity index (χ1) is 12.2. The van der Waals surface area contributed by atoms with Gasteiger partial charge in [-0.05, 0) is 38.3 Å². The molecule has 144 valence electrons. The Morgan fingerprint density at radius 3 is 2.42 bits per heavy atom. The van der Waals surface area contributed by atoms with Crippen LogP contribution in [-0.4, -0.2) is 41.9 Å². The summed E-state index contributed by atoms with van der Waals surface area (Å²) in [7, 11) is 0. The van der Waals surface area contributed by atoms with Crippen molar-refractivity contribution in [1.82, 2.24) is 15.5 Å². The number of likely N-dealkylation sites (tertiary alicyclic amines) is 1. The molecule has 0 radical (unpaired) electrons. The van der Waals surface area contributed by atoms with Crippen molar-refractivity contribution >= 4 is 11.8 Å². The molecule has 3 atom stereocenters. The highest BCUT2D eigenvalue weighted by atomic mass is 16.2. The normalized spacial score (nSPS) is 20.4. The zero-order chi connectivity index (χ0) is 19.3. The van der Waals surface area contributed by atoms with Crippen LogP contribution >= 0.6 is 0 Å². The number of amides is 2. The first-order valence-electron chi connectivity index (χ1n) is 9.54. The van der Waals surface area contributed by atoms with Crippen molar-refractivity contribution in [3.8, 4) is 0 Å². The van der Waals surface area contributed by atoms with Crippen molar-refractivity contribution in [2.24, 2.45) is 11.3 Å². The monoisotopic (exact) mass is 359 g/mol. The third kappa shape index (κ3) is 5.84. The molecule has 1 aliphatic rings. The maximum Gasteiger partial charge on any atom is 0.242 e. The number of rotatable bonds is 6. The third-order valence-electron chi connectivity index (χ3n) is 5.06. The van der Waals surface area contributed by atoms with Gasteiger partial charge in [-0.3, -0.25) is 14.5 Å². The van der Waals surface area contributed by atoms with Crippen LogP contribution in [0.1, 0.15) is 46.6 Å². The van der Waals surface area contributed by atoms with E-state index in [1.165, 1.54) is 5.56 Å². The van der Waals surface area contributed by atoms with Crippen molar-refractivity contribution < 1.29 is 9.59 Å². The van der Waals surface area contributed by atoms with E-state index in [2.05, 4.69) is 46.7 Å². The van der Waals surface area contributed by atoms with Gasteiger partial charge in [0.2, 0.25) is 11.8 Å². The van der Waals surface area contributed by atoms with Crippen LogP contribution in [0.15, 0.2) is 30.3 Å². The molecule has 2 N–H and O–H groups in total. The van der Waals surface area contributed by atoms with Gasteiger partial charge < -0.3 is 10.6 Å². The molecular formula is C21H33N3O2. The Kier molecular flexibility index (Phi) is 6.81. The van der Waals surface area contributed by atoms with E-state index in [1.807, 2.05) is 26.8 Å². The second kappa shape index (κ2) is 8.67. The number of carbonyl (C=O) groups is 2. The fourth-order valence-electron chi connectivity index (χ4n) is 3.20. The zero-order valence-corrected chi connectivity index (χ0v) is 16.7. The SMILES string of the molecule is CC(NC(=O)C(C)(C)C)C(=O)NC(C)C1CCN(Cc2ccccc2)C1. The molecule has 3 unspecified atom stereocenters. The van der Waals surface area contributed by atoms with Gasteiger partial charge in [-0.15, -0.1) is 0 Å². The fraction of sp³-hybridized carbons (Fsp3) is 0.619. The van der Waals surface area contributed by atoms with Gasteiger partial charge in [0.25, 0.3) is 0 Å². The molecule has 0 saturated carbocycles. The summed E-state index contributed by atoms with van der Waals surface area (Å²) < 4.78 is 0. The highest BCUT2D eigenvalue weighted by Crippen LogP contribution is 2.21. The molecule has 1 aromatic carbocycles. The summed E-state index contributed by atoms with van der Waals surface area (Å²) in [5, 5.41) is 5.88. The molecule has 0 spiro atoms. The molecule has 1 saturated heterocycles. The van der Waals surface area contributed by atoms with Gasteiger partial charge >= 0.3 is 0 Å². The molecule has 26 heavy (non-hydrogen) atoms. The average Bonchev–Trinajstić information content (AvgIpc) is 3.03. The lowest BCUT2D eigenvalue weighted by Gasteiger charge is -2.25. The Bertz CT molecular complexity index is 609. The second-order valence-corrected chi connectivity index (χ2v) is 8.51. The fourth-order valence-corrected chi connectivity index (χ4v) is 3.20. The number of hydrogen-bond acceptors (Lipinski definition) is 3. The van der Waals surface area contributed by atoms with E-state index in [0.29, 0.717) is 5.92 Å². The molecule has 2 rings (SSSR count). The van der Waals surface area contributed by atoms with Crippen LogP contribution < -0.4 is 10.6 Å². The highest BCUT2D eigenvalue weighted by molar-refractivity contribution is 5.89. The lowest BCUT2D eigenvalue weighted by molar-refractivity contribution is -0.133. The quantitative estimate of drug-likeness (QED) is 0.821. The van der Waals surface area contributed by atoms with Crippen LogP contribution in [0.25, 0.3) is 0 Å². The number of hydrogen-bond donors (Lipinski definition) is 2. The molecule has 1 aromatic rings. The van der Waals surface area contributed by atoms with E-state index in [4.69, 9.17) is 0 Å². The standard InChI is InChI=1S/C21H33N3O2/c1-15(22-19(25)16(2)23-20(26)21(3,4)5)18-11-12-24(14-18)13-17-9-7-6-8-10-17/h6-10,15-16,18H,11-14H2,1-5H3,(H,22,25)(H,23,26). The van der Waals surface area contributed by atoms with E-state index in [-0.39, 0.29) is 17.9 Å². The van der Waals surface area contributed by atoms with E-state index in [0.717, 1.165) is 26.1 Å². The summed E-state index contributed by atoms with van der Waals surface area (Å²) in [6.45, 7) is 12.3. The summed E-state index contributed by atoms with van der Waals surface area (Å²) in [5.41, 5.74) is 0.826. The van der Waals surface area contributed by atoms with Crippen LogP contribution in [-0.2, 0) is 16.1 Å². The van der Waals surface area contributed by atoms with Crippen LogP contribution in [0.2, 0.25) is 0 Å². The maximum absolute atomic E-state index is 12.4. The predicted octanol–water partition coefficient (Wildman–Crippen LogP) is 2.56. The lowest BCUT2D eigenvalue weighted by atomic mass is 9.95. The molecule has 0 aromatic heterocycles. The Hall–Kier alpha value is -1.88. The molecule has 0 bridgehead atoms. The van der Waals surface area contributed by atoms with Gasteiger partial charge in [-0.25, -0.2) is 0 Å². The average molecular weight is 360 g/mol. The smallest absolute Gasteiger partial charge is 0.242 e. The van der Waals surface area contributed by atoms with Crippen molar-refractivity contribution in [3.63, 3.8) is 0 Å². The molecule has 0 aliphatic carbocycles. The van der Waals surface area contributed by atoms with Crippen LogP contribution in [0.5, 0.6) is 0 Å². The van der Waals surface area contributed by atoms with Crippen LogP contribution in [0.4, 0.5) is 0 Å². The van der Waals surface area contributed by atoms with E-state index in [1.54, 1.807) is 6.92 Å². The maximum atomic E-state index is 12.4. The molecule has 1 fully saturated rings. The zero-order valence-electron chi connectivity index (χ0n) is 16.7. The van der Waals surface area contributed by atoms with E-state index < -0.39 is 11.5 Å². The summed E-state index contributed by atoms with van der Waals surface area (Å²) >= 11 is 0. The second-order valence-electron chi connectivity index (χ2n) is 8.51. The summed E-state index contributed by atoms with van der Waals surface area (Å²) in [4.78, 5) is 26.9. The van der Waals surface area contributed by atoms with Crippen molar-refractivity contribution in [2.45, 2.75) is 59.7 Å². The van der Waals surface area contributed by atoms with Crippen LogP contribution in [0, 0.1) is 11.3 Å². The largest absolute Gasteiger partial charge is 0.352 e. The van der Waals surface area contributed by atoms with E-state index >= 15 is 0 Å². The minimum atomic E-state index is -0.522. The molecule has 1 heterocycles. The van der Waals surface area contributed by atoms with E-state index in [9.17, 15) is 9.59 Å². The number of nitrogens with one attached hydrogen (secondary N) is 2. The topological polar surface area (TPSA) is 61.4 Å². The summed E-state index contributed by atoms with van der Waals surface area (Å²) in [6.07, 6.45) is 1.08. The van der Waals surface area contributed by atoms with Gasteiger partial charge in [0.15, 0.2) is 0 Å². The highest BCUT2D eigenvalue weighted by Gasteiger charge is 2.30. The first kappa shape index (κ1) is 20.4. The van der Waals surface area contributed by atoms with Crippen LogP contribution in [0.3, 0.4) is 0 Å². The van der Waals surface area contributed by atoms with Crippen molar-refractivity contribution in [1.29, 1.82) is 0 Å². The van der Waals surface area contributed by atoms with Gasteiger partial charge in [-0.2, -0.15) is 0 Å². The Morgan fingerprint density at radius 2 is 1.81 bits per heavy atom. The summed E-state index contributed by atoms with van der Waals surface area (Å²) in [5.74, 6) is 0.215. The first-order valence-corrected chi connectivity index (χ1v) is 9.54. The van der Waals surface area contributed by atoms with Gasteiger partial charge in [-0.1, -0.05) is 51.1 Å². The molecule has 2 amide bonds. The number of carbonyl (C=O) groups excluding carboxylic acids is 2. The Balaban J connectivity index is 1.79.